The number of nitrogens with zero attached hydrogens (tertiary/aromatic N) is 1. The summed E-state index contributed by atoms with van der Waals surface area (Å²) in [5, 5.41) is 9.91. The van der Waals surface area contributed by atoms with Gasteiger partial charge in [0.25, 0.3) is 0 Å². The lowest BCUT2D eigenvalue weighted by Gasteiger charge is -2.39. The fourth-order valence-corrected chi connectivity index (χ4v) is 4.31. The van der Waals surface area contributed by atoms with E-state index in [1.54, 1.807) is 19.4 Å². The smallest absolute Gasteiger partial charge is 0.193 e. The van der Waals surface area contributed by atoms with Crippen LogP contribution < -0.4 is 10.2 Å². The molecule has 2 heterocycles. The van der Waals surface area contributed by atoms with Crippen molar-refractivity contribution in [3.8, 4) is 28.1 Å². The minimum atomic E-state index is -0.236. The summed E-state index contributed by atoms with van der Waals surface area (Å²) in [6, 6.07) is 16.1. The van der Waals surface area contributed by atoms with E-state index >= 15 is 0 Å². The third-order valence-electron chi connectivity index (χ3n) is 5.93. The van der Waals surface area contributed by atoms with Crippen LogP contribution in [0.2, 0.25) is 0 Å². The maximum absolute atomic E-state index is 12.7. The SMILES string of the molecule is C=C(O)c1cn2c(cc1=O)-c1cc(OC)c(-c3ccccc3)cc1CC2C(C)(C)C. The summed E-state index contributed by atoms with van der Waals surface area (Å²) in [5.74, 6) is 0.564. The van der Waals surface area contributed by atoms with Gasteiger partial charge in [-0.25, -0.2) is 0 Å². The van der Waals surface area contributed by atoms with Crippen LogP contribution in [0.5, 0.6) is 5.75 Å². The Morgan fingerprint density at radius 2 is 1.83 bits per heavy atom. The van der Waals surface area contributed by atoms with Gasteiger partial charge < -0.3 is 14.4 Å². The van der Waals surface area contributed by atoms with Crippen LogP contribution in [-0.4, -0.2) is 16.8 Å². The number of benzene rings is 2. The van der Waals surface area contributed by atoms with E-state index < -0.39 is 0 Å². The van der Waals surface area contributed by atoms with Crippen molar-refractivity contribution in [3.05, 3.63) is 82.7 Å². The molecule has 0 saturated carbocycles. The molecular weight excluding hydrogens is 374 g/mol. The molecule has 2 aromatic carbocycles. The molecule has 1 unspecified atom stereocenters. The summed E-state index contributed by atoms with van der Waals surface area (Å²) >= 11 is 0. The molecule has 154 valence electrons. The van der Waals surface area contributed by atoms with E-state index in [-0.39, 0.29) is 28.2 Å². The standard InChI is InChI=1S/C26H27NO3/c1-16(28)21-15-27-22(14-23(21)29)19-13-24(30-5)20(17-9-7-6-8-10-17)11-18(19)12-25(27)26(2,3)4/h6-11,13-15,25,28H,1,12H2,2-5H3. The first kappa shape index (κ1) is 20.0. The lowest BCUT2D eigenvalue weighted by molar-refractivity contribution is 0.237. The molecule has 0 spiro atoms. The molecule has 3 aromatic rings. The number of methoxy groups -OCH3 is 1. The van der Waals surface area contributed by atoms with Gasteiger partial charge in [-0.1, -0.05) is 57.7 Å². The van der Waals surface area contributed by atoms with E-state index in [1.165, 1.54) is 5.56 Å². The van der Waals surface area contributed by atoms with Gasteiger partial charge in [-0.05, 0) is 35.1 Å². The maximum atomic E-state index is 12.7. The van der Waals surface area contributed by atoms with E-state index in [4.69, 9.17) is 4.74 Å². The van der Waals surface area contributed by atoms with Gasteiger partial charge in [-0.15, -0.1) is 0 Å². The second-order valence-electron chi connectivity index (χ2n) is 8.95. The van der Waals surface area contributed by atoms with Gasteiger partial charge in [0.05, 0.1) is 18.4 Å². The van der Waals surface area contributed by atoms with Gasteiger partial charge in [-0.2, -0.15) is 0 Å². The second kappa shape index (κ2) is 7.21. The zero-order valence-electron chi connectivity index (χ0n) is 17.9. The number of hydrogen-bond acceptors (Lipinski definition) is 3. The van der Waals surface area contributed by atoms with Crippen molar-refractivity contribution in [2.24, 2.45) is 5.41 Å². The Morgan fingerprint density at radius 1 is 1.13 bits per heavy atom. The van der Waals surface area contributed by atoms with Gasteiger partial charge >= 0.3 is 0 Å². The Kier molecular flexibility index (Phi) is 4.81. The van der Waals surface area contributed by atoms with Crippen LogP contribution in [0.1, 0.15) is 37.9 Å². The fraction of sp³-hybridized carbons (Fsp3) is 0.269. The number of fused-ring (bicyclic) bond motifs is 3. The molecule has 0 bridgehead atoms. The van der Waals surface area contributed by atoms with Gasteiger partial charge in [0.15, 0.2) is 5.43 Å². The molecule has 4 heteroatoms. The lowest BCUT2D eigenvalue weighted by atomic mass is 9.78. The van der Waals surface area contributed by atoms with Gasteiger partial charge in [-0.3, -0.25) is 4.79 Å². The molecule has 0 aliphatic carbocycles. The molecule has 30 heavy (non-hydrogen) atoms. The molecule has 0 fully saturated rings. The number of rotatable bonds is 3. The number of aromatic nitrogens is 1. The number of hydrogen-bond donors (Lipinski definition) is 1. The van der Waals surface area contributed by atoms with Crippen molar-refractivity contribution in [1.29, 1.82) is 0 Å². The number of aliphatic hydroxyl groups excluding tert-OH is 1. The Balaban J connectivity index is 2.00. The first-order chi connectivity index (χ1) is 14.2. The third kappa shape index (κ3) is 3.32. The average Bonchev–Trinajstić information content (AvgIpc) is 2.71. The van der Waals surface area contributed by atoms with E-state index in [1.807, 2.05) is 24.3 Å². The average molecular weight is 402 g/mol. The van der Waals surface area contributed by atoms with E-state index in [0.717, 1.165) is 34.6 Å². The van der Waals surface area contributed by atoms with E-state index in [0.29, 0.717) is 0 Å². The number of ether oxygens (including phenoxy) is 1. The normalized spacial score (nSPS) is 15.3. The number of pyridine rings is 1. The molecule has 0 radical (unpaired) electrons. The van der Waals surface area contributed by atoms with Gasteiger partial charge in [0, 0.05) is 29.4 Å². The third-order valence-corrected chi connectivity index (χ3v) is 5.93. The Morgan fingerprint density at radius 3 is 2.43 bits per heavy atom. The summed E-state index contributed by atoms with van der Waals surface area (Å²) in [6.07, 6.45) is 2.56. The zero-order valence-corrected chi connectivity index (χ0v) is 17.9. The highest BCUT2D eigenvalue weighted by molar-refractivity contribution is 5.79. The van der Waals surface area contributed by atoms with Crippen molar-refractivity contribution in [3.63, 3.8) is 0 Å². The molecule has 0 amide bonds. The summed E-state index contributed by atoms with van der Waals surface area (Å²) in [4.78, 5) is 12.7. The highest BCUT2D eigenvalue weighted by Gasteiger charge is 2.33. The predicted octanol–water partition coefficient (Wildman–Crippen LogP) is 5.86. The molecule has 1 aliphatic heterocycles. The minimum absolute atomic E-state index is 0.0532. The van der Waals surface area contributed by atoms with Crippen LogP contribution in [0.4, 0.5) is 0 Å². The van der Waals surface area contributed by atoms with Gasteiger partial charge in [0.2, 0.25) is 0 Å². The Hall–Kier alpha value is -3.27. The summed E-state index contributed by atoms with van der Waals surface area (Å²) < 4.78 is 7.84. The first-order valence-corrected chi connectivity index (χ1v) is 10.1. The Labute approximate surface area is 177 Å². The fourth-order valence-electron chi connectivity index (χ4n) is 4.31. The highest BCUT2D eigenvalue weighted by atomic mass is 16.5. The van der Waals surface area contributed by atoms with Crippen LogP contribution in [0.25, 0.3) is 28.1 Å². The quantitative estimate of drug-likeness (QED) is 0.559. The zero-order chi connectivity index (χ0) is 21.6. The minimum Gasteiger partial charge on any atom is -0.508 e. The van der Waals surface area contributed by atoms with Crippen LogP contribution in [-0.2, 0) is 6.42 Å². The summed E-state index contributed by atoms with van der Waals surface area (Å²) in [6.45, 7) is 10.1. The molecule has 4 nitrogen and oxygen atoms in total. The highest BCUT2D eigenvalue weighted by Crippen LogP contribution is 2.45. The molecule has 1 aliphatic rings. The lowest BCUT2D eigenvalue weighted by Crippen LogP contribution is -2.32. The number of aliphatic hydroxyl groups is 1. The van der Waals surface area contributed by atoms with Gasteiger partial charge in [0.1, 0.15) is 11.5 Å². The largest absolute Gasteiger partial charge is 0.508 e. The molecule has 1 N–H and O–H groups in total. The van der Waals surface area contributed by atoms with Crippen molar-refractivity contribution in [1.82, 2.24) is 4.57 Å². The molecule has 0 saturated heterocycles. The van der Waals surface area contributed by atoms with Crippen LogP contribution >= 0.6 is 0 Å². The topological polar surface area (TPSA) is 51.5 Å². The van der Waals surface area contributed by atoms with Crippen molar-refractivity contribution in [2.75, 3.05) is 7.11 Å². The van der Waals surface area contributed by atoms with Crippen LogP contribution in [0.15, 0.2) is 66.1 Å². The van der Waals surface area contributed by atoms with E-state index in [2.05, 4.69) is 50.1 Å². The summed E-state index contributed by atoms with van der Waals surface area (Å²) in [5.41, 5.74) is 5.10. The molecule has 1 atom stereocenters. The van der Waals surface area contributed by atoms with Crippen molar-refractivity contribution in [2.45, 2.75) is 33.2 Å². The molecular formula is C26H27NO3. The monoisotopic (exact) mass is 401 g/mol. The maximum Gasteiger partial charge on any atom is 0.193 e. The molecule has 4 rings (SSSR count). The Bertz CT molecular complexity index is 1180. The first-order valence-electron chi connectivity index (χ1n) is 10.1. The summed E-state index contributed by atoms with van der Waals surface area (Å²) in [7, 11) is 1.67. The van der Waals surface area contributed by atoms with Crippen molar-refractivity contribution >= 4 is 5.76 Å². The van der Waals surface area contributed by atoms with E-state index in [9.17, 15) is 9.90 Å². The predicted molar refractivity (Wildman–Crippen MR) is 122 cm³/mol. The van der Waals surface area contributed by atoms with Crippen molar-refractivity contribution < 1.29 is 9.84 Å². The van der Waals surface area contributed by atoms with Crippen LogP contribution in [0.3, 0.4) is 0 Å². The van der Waals surface area contributed by atoms with Crippen LogP contribution in [0, 0.1) is 5.41 Å². The molecule has 1 aromatic heterocycles. The second-order valence-corrected chi connectivity index (χ2v) is 8.95.